The summed E-state index contributed by atoms with van der Waals surface area (Å²) in [7, 11) is 0. The quantitative estimate of drug-likeness (QED) is 0.781. The fourth-order valence-electron chi connectivity index (χ4n) is 1.12. The van der Waals surface area contributed by atoms with Crippen molar-refractivity contribution in [3.8, 4) is 0 Å². The summed E-state index contributed by atoms with van der Waals surface area (Å²) in [6, 6.07) is 1.96. The van der Waals surface area contributed by atoms with Crippen LogP contribution in [0.5, 0.6) is 0 Å². The first-order valence-electron chi connectivity index (χ1n) is 4.69. The van der Waals surface area contributed by atoms with E-state index in [9.17, 15) is 9.59 Å². The van der Waals surface area contributed by atoms with Crippen molar-refractivity contribution >= 4 is 23.5 Å². The average Bonchev–Trinajstić information content (AvgIpc) is 2.25. The smallest absolute Gasteiger partial charge is 0.326 e. The minimum absolute atomic E-state index is 0.191. The van der Waals surface area contributed by atoms with Gasteiger partial charge in [-0.25, -0.2) is 9.78 Å². The van der Waals surface area contributed by atoms with E-state index < -0.39 is 17.9 Å². The second kappa shape index (κ2) is 5.46. The number of amides is 1. The van der Waals surface area contributed by atoms with Crippen molar-refractivity contribution in [2.45, 2.75) is 19.4 Å². The molecule has 2 N–H and O–H groups in total. The van der Waals surface area contributed by atoms with Gasteiger partial charge in [-0.2, -0.15) is 0 Å². The fraction of sp³-hybridized carbons (Fsp3) is 0.300. The number of halogens is 1. The molecule has 6 heteroatoms. The molecule has 0 saturated heterocycles. The third-order valence-electron chi connectivity index (χ3n) is 2.00. The molecule has 0 radical (unpaired) electrons. The van der Waals surface area contributed by atoms with Crippen molar-refractivity contribution in [1.29, 1.82) is 0 Å². The number of nitrogens with one attached hydrogen (secondary N) is 1. The van der Waals surface area contributed by atoms with Crippen LogP contribution in [0.1, 0.15) is 23.7 Å². The molecule has 0 bridgehead atoms. The molecule has 86 valence electrons. The van der Waals surface area contributed by atoms with E-state index in [1.807, 2.05) is 0 Å². The number of nitrogens with zero attached hydrogens (tertiary/aromatic N) is 1. The molecule has 0 aromatic carbocycles. The maximum absolute atomic E-state index is 11.6. The molecule has 0 fully saturated rings. The van der Waals surface area contributed by atoms with Gasteiger partial charge in [0, 0.05) is 11.8 Å². The van der Waals surface area contributed by atoms with E-state index >= 15 is 0 Å². The van der Waals surface area contributed by atoms with Crippen molar-refractivity contribution in [3.05, 3.63) is 29.0 Å². The summed E-state index contributed by atoms with van der Waals surface area (Å²) in [5.74, 6) is -1.53. The van der Waals surface area contributed by atoms with E-state index in [1.54, 1.807) is 6.92 Å². The van der Waals surface area contributed by atoms with Gasteiger partial charge in [-0.3, -0.25) is 4.79 Å². The zero-order valence-electron chi connectivity index (χ0n) is 8.61. The lowest BCUT2D eigenvalue weighted by Gasteiger charge is -2.11. The number of rotatable bonds is 4. The van der Waals surface area contributed by atoms with E-state index in [0.29, 0.717) is 12.0 Å². The van der Waals surface area contributed by atoms with Crippen molar-refractivity contribution in [2.24, 2.45) is 0 Å². The average molecular weight is 243 g/mol. The molecule has 1 aromatic rings. The van der Waals surface area contributed by atoms with Crippen LogP contribution in [0, 0.1) is 0 Å². The van der Waals surface area contributed by atoms with Gasteiger partial charge in [0.15, 0.2) is 0 Å². The lowest BCUT2D eigenvalue weighted by Crippen LogP contribution is -2.40. The first kappa shape index (κ1) is 12.4. The molecule has 0 aliphatic rings. The molecule has 0 spiro atoms. The summed E-state index contributed by atoms with van der Waals surface area (Å²) >= 11 is 5.61. The Labute approximate surface area is 97.4 Å². The molecule has 1 rings (SSSR count). The van der Waals surface area contributed by atoms with Crippen molar-refractivity contribution in [3.63, 3.8) is 0 Å². The predicted molar refractivity (Wildman–Crippen MR) is 58.4 cm³/mol. The summed E-state index contributed by atoms with van der Waals surface area (Å²) in [4.78, 5) is 26.0. The number of hydrogen-bond donors (Lipinski definition) is 2. The Hall–Kier alpha value is -1.62. The second-order valence-electron chi connectivity index (χ2n) is 3.14. The van der Waals surface area contributed by atoms with Crippen LogP contribution >= 0.6 is 11.6 Å². The number of hydrogen-bond acceptors (Lipinski definition) is 3. The van der Waals surface area contributed by atoms with Gasteiger partial charge in [0.05, 0.1) is 0 Å². The van der Waals surface area contributed by atoms with Crippen LogP contribution in [0.15, 0.2) is 18.3 Å². The molecule has 1 unspecified atom stereocenters. The van der Waals surface area contributed by atoms with Gasteiger partial charge < -0.3 is 10.4 Å². The molecule has 0 saturated carbocycles. The lowest BCUT2D eigenvalue weighted by molar-refractivity contribution is -0.139. The van der Waals surface area contributed by atoms with E-state index in [1.165, 1.54) is 18.3 Å². The Balaban J connectivity index is 2.75. The summed E-state index contributed by atoms with van der Waals surface area (Å²) in [6.07, 6.45) is 1.71. The fourth-order valence-corrected chi connectivity index (χ4v) is 1.30. The van der Waals surface area contributed by atoms with Crippen LogP contribution in [0.25, 0.3) is 0 Å². The molecule has 5 nitrogen and oxygen atoms in total. The van der Waals surface area contributed by atoms with Crippen LogP contribution in [-0.2, 0) is 4.79 Å². The number of aromatic nitrogens is 1. The normalized spacial score (nSPS) is 11.9. The minimum atomic E-state index is -1.06. The largest absolute Gasteiger partial charge is 0.480 e. The molecule has 1 atom stereocenters. The Morgan fingerprint density at radius 2 is 2.31 bits per heavy atom. The minimum Gasteiger partial charge on any atom is -0.480 e. The van der Waals surface area contributed by atoms with Crippen LogP contribution in [-0.4, -0.2) is 28.0 Å². The Kier molecular flexibility index (Phi) is 4.25. The van der Waals surface area contributed by atoms with Gasteiger partial charge in [-0.1, -0.05) is 18.5 Å². The van der Waals surface area contributed by atoms with E-state index in [-0.39, 0.29) is 5.15 Å². The van der Waals surface area contributed by atoms with Gasteiger partial charge in [0.25, 0.3) is 5.91 Å². The van der Waals surface area contributed by atoms with E-state index in [0.717, 1.165) is 0 Å². The zero-order valence-corrected chi connectivity index (χ0v) is 9.36. The third kappa shape index (κ3) is 3.20. The highest BCUT2D eigenvalue weighted by Crippen LogP contribution is 2.07. The Bertz CT molecular complexity index is 409. The van der Waals surface area contributed by atoms with Crippen LogP contribution < -0.4 is 5.32 Å². The number of pyridine rings is 1. The van der Waals surface area contributed by atoms with Gasteiger partial charge in [-0.15, -0.1) is 0 Å². The highest BCUT2D eigenvalue weighted by atomic mass is 35.5. The number of carbonyl (C=O) groups excluding carboxylic acids is 1. The second-order valence-corrected chi connectivity index (χ2v) is 3.53. The van der Waals surface area contributed by atoms with Crippen molar-refractivity contribution in [2.75, 3.05) is 0 Å². The molecular weight excluding hydrogens is 232 g/mol. The first-order valence-corrected chi connectivity index (χ1v) is 5.07. The SMILES string of the molecule is CCC(NC(=O)c1ccnc(Cl)c1)C(=O)O. The van der Waals surface area contributed by atoms with Crippen LogP contribution in [0.2, 0.25) is 5.15 Å². The standard InChI is InChI=1S/C10H11ClN2O3/c1-2-7(10(15)16)13-9(14)6-3-4-12-8(11)5-6/h3-5,7H,2H2,1H3,(H,13,14)(H,15,16). The highest BCUT2D eigenvalue weighted by Gasteiger charge is 2.18. The van der Waals surface area contributed by atoms with Gasteiger partial charge >= 0.3 is 5.97 Å². The maximum atomic E-state index is 11.6. The molecule has 16 heavy (non-hydrogen) atoms. The van der Waals surface area contributed by atoms with Gasteiger partial charge in [-0.05, 0) is 18.6 Å². The van der Waals surface area contributed by atoms with Crippen LogP contribution in [0.3, 0.4) is 0 Å². The topological polar surface area (TPSA) is 79.3 Å². The number of carboxylic acid groups (broad SMARTS) is 1. The summed E-state index contributed by atoms with van der Waals surface area (Å²) in [5.41, 5.74) is 0.291. The lowest BCUT2D eigenvalue weighted by atomic mass is 10.2. The molecule has 1 aromatic heterocycles. The summed E-state index contributed by atoms with van der Waals surface area (Å²) < 4.78 is 0. The maximum Gasteiger partial charge on any atom is 0.326 e. The number of carbonyl (C=O) groups is 2. The molecule has 1 heterocycles. The van der Waals surface area contributed by atoms with E-state index in [4.69, 9.17) is 16.7 Å². The molecule has 0 aliphatic carbocycles. The van der Waals surface area contributed by atoms with Crippen LogP contribution in [0.4, 0.5) is 0 Å². The van der Waals surface area contributed by atoms with Crippen molar-refractivity contribution < 1.29 is 14.7 Å². The van der Waals surface area contributed by atoms with E-state index in [2.05, 4.69) is 10.3 Å². The van der Waals surface area contributed by atoms with Gasteiger partial charge in [0.1, 0.15) is 11.2 Å². The monoisotopic (exact) mass is 242 g/mol. The highest BCUT2D eigenvalue weighted by molar-refractivity contribution is 6.29. The number of carboxylic acids is 1. The summed E-state index contributed by atoms with van der Waals surface area (Å²) in [5, 5.41) is 11.3. The first-order chi connectivity index (χ1) is 7.54. The summed E-state index contributed by atoms with van der Waals surface area (Å²) in [6.45, 7) is 1.68. The van der Waals surface area contributed by atoms with Gasteiger partial charge in [0.2, 0.25) is 0 Å². The molecule has 0 aliphatic heterocycles. The Morgan fingerprint density at radius 1 is 1.62 bits per heavy atom. The predicted octanol–water partition coefficient (Wildman–Crippen LogP) is 1.33. The number of aliphatic carboxylic acids is 1. The molecule has 1 amide bonds. The third-order valence-corrected chi connectivity index (χ3v) is 2.21. The Morgan fingerprint density at radius 3 is 2.81 bits per heavy atom. The zero-order chi connectivity index (χ0) is 12.1. The van der Waals surface area contributed by atoms with Crippen molar-refractivity contribution in [1.82, 2.24) is 10.3 Å². The molecular formula is C10H11ClN2O3.